The maximum atomic E-state index is 9.43. The molecule has 0 aromatic rings. The molecule has 0 unspecified atom stereocenters. The van der Waals surface area contributed by atoms with Crippen LogP contribution in [0.4, 0.5) is 0 Å². The van der Waals surface area contributed by atoms with E-state index in [9.17, 15) is 28.8 Å². The van der Waals surface area contributed by atoms with Crippen molar-refractivity contribution in [2.75, 3.05) is 0 Å². The standard InChI is InChI=1S/3C3H4O4.BH3/c3*4-2(5)1-3(6)7;/h3*1H2,(H,4,5)(H,6,7);1H3. The van der Waals surface area contributed by atoms with Crippen LogP contribution in [-0.4, -0.2) is 74.9 Å². The van der Waals surface area contributed by atoms with Crippen molar-refractivity contribution in [3.8, 4) is 0 Å². The van der Waals surface area contributed by atoms with Crippen molar-refractivity contribution in [2.24, 2.45) is 0 Å². The molecule has 0 aromatic heterocycles. The SMILES string of the molecule is B.O=C(O)CC(=O)O.O=C(O)CC(=O)O.O=C(O)CC(=O)O. The number of carbonyl (C=O) groups is 6. The summed E-state index contributed by atoms with van der Waals surface area (Å²) in [6.07, 6.45) is -2.42. The highest BCUT2D eigenvalue weighted by molar-refractivity contribution is 5.89. The molecule has 0 amide bonds. The number of rotatable bonds is 6. The van der Waals surface area contributed by atoms with E-state index in [-0.39, 0.29) is 8.41 Å². The average Bonchev–Trinajstić information content (AvgIpc) is 2.10. The van der Waals surface area contributed by atoms with Gasteiger partial charge in [0, 0.05) is 0 Å². The summed E-state index contributed by atoms with van der Waals surface area (Å²) in [6.45, 7) is 0. The van der Waals surface area contributed by atoms with Crippen molar-refractivity contribution >= 4 is 44.2 Å². The van der Waals surface area contributed by atoms with E-state index in [0.717, 1.165) is 0 Å². The molecule has 126 valence electrons. The van der Waals surface area contributed by atoms with Crippen molar-refractivity contribution in [1.82, 2.24) is 0 Å². The molecular weight excluding hydrogens is 311 g/mol. The molecule has 0 aliphatic rings. The third-order valence-corrected chi connectivity index (χ3v) is 0.907. The highest BCUT2D eigenvalue weighted by Gasteiger charge is 2.02. The van der Waals surface area contributed by atoms with E-state index >= 15 is 0 Å². The van der Waals surface area contributed by atoms with E-state index in [4.69, 9.17) is 30.6 Å². The fourth-order valence-electron chi connectivity index (χ4n) is 0.388. The molecule has 6 N–H and O–H groups in total. The fourth-order valence-corrected chi connectivity index (χ4v) is 0.388. The molecule has 0 aromatic carbocycles. The maximum Gasteiger partial charge on any atom is 0.314 e. The largest absolute Gasteiger partial charge is 0.481 e. The molecule has 0 radical (unpaired) electrons. The van der Waals surface area contributed by atoms with Crippen molar-refractivity contribution in [3.63, 3.8) is 0 Å². The second kappa shape index (κ2) is 15.9. The zero-order valence-electron chi connectivity index (χ0n) is 10.3. The van der Waals surface area contributed by atoms with Gasteiger partial charge < -0.3 is 30.6 Å². The molecule has 0 heterocycles. The van der Waals surface area contributed by atoms with E-state index in [1.807, 2.05) is 0 Å². The van der Waals surface area contributed by atoms with Crippen LogP contribution in [-0.2, 0) is 28.8 Å². The molecule has 0 saturated carbocycles. The Labute approximate surface area is 124 Å². The van der Waals surface area contributed by atoms with Crippen LogP contribution in [0.25, 0.3) is 0 Å². The summed E-state index contributed by atoms with van der Waals surface area (Å²) in [4.78, 5) is 56.6. The van der Waals surface area contributed by atoms with Gasteiger partial charge in [0.25, 0.3) is 0 Å². The predicted octanol–water partition coefficient (Wildman–Crippen LogP) is -2.55. The van der Waals surface area contributed by atoms with Gasteiger partial charge in [-0.2, -0.15) is 0 Å². The summed E-state index contributed by atoms with van der Waals surface area (Å²) in [5, 5.41) is 46.2. The molecule has 0 rings (SSSR count). The first kappa shape index (κ1) is 27.3. The monoisotopic (exact) mass is 326 g/mol. The van der Waals surface area contributed by atoms with Gasteiger partial charge in [-0.05, 0) is 0 Å². The lowest BCUT2D eigenvalue weighted by Gasteiger charge is -1.80. The molecule has 0 bridgehead atoms. The van der Waals surface area contributed by atoms with Gasteiger partial charge in [-0.15, -0.1) is 0 Å². The zero-order chi connectivity index (χ0) is 17.6. The summed E-state index contributed by atoms with van der Waals surface area (Å²) in [6, 6.07) is 0. The van der Waals surface area contributed by atoms with Crippen LogP contribution in [0.2, 0.25) is 0 Å². The minimum absolute atomic E-state index is 0. The quantitative estimate of drug-likeness (QED) is 0.219. The summed E-state index contributed by atoms with van der Waals surface area (Å²) in [7, 11) is 0. The van der Waals surface area contributed by atoms with Crippen molar-refractivity contribution in [3.05, 3.63) is 0 Å². The molecule has 12 nitrogen and oxygen atoms in total. The summed E-state index contributed by atoms with van der Waals surface area (Å²) in [5.74, 6) is -7.88. The Morgan fingerprint density at radius 3 is 0.500 bits per heavy atom. The number of aliphatic carboxylic acids is 6. The van der Waals surface area contributed by atoms with Crippen LogP contribution in [0.5, 0.6) is 0 Å². The molecule has 22 heavy (non-hydrogen) atoms. The van der Waals surface area contributed by atoms with Crippen LogP contribution in [0.1, 0.15) is 19.3 Å². The molecule has 0 spiro atoms. The topological polar surface area (TPSA) is 224 Å². The van der Waals surface area contributed by atoms with E-state index in [2.05, 4.69) is 0 Å². The van der Waals surface area contributed by atoms with Crippen LogP contribution in [0, 0.1) is 0 Å². The summed E-state index contributed by atoms with van der Waals surface area (Å²) < 4.78 is 0. The van der Waals surface area contributed by atoms with Gasteiger partial charge in [0.05, 0.1) is 8.41 Å². The Morgan fingerprint density at radius 1 is 0.409 bits per heavy atom. The van der Waals surface area contributed by atoms with Crippen LogP contribution in [0.15, 0.2) is 0 Å². The minimum Gasteiger partial charge on any atom is -0.481 e. The first-order valence-electron chi connectivity index (χ1n) is 4.69. The highest BCUT2D eigenvalue weighted by Crippen LogP contribution is 1.75. The Hall–Kier alpha value is -3.12. The van der Waals surface area contributed by atoms with Crippen molar-refractivity contribution in [1.29, 1.82) is 0 Å². The average molecular weight is 326 g/mol. The van der Waals surface area contributed by atoms with Crippen molar-refractivity contribution in [2.45, 2.75) is 19.3 Å². The third-order valence-electron chi connectivity index (χ3n) is 0.907. The second-order valence-electron chi connectivity index (χ2n) is 2.89. The van der Waals surface area contributed by atoms with Gasteiger partial charge in [-0.1, -0.05) is 0 Å². The van der Waals surface area contributed by atoms with Gasteiger partial charge in [-0.3, -0.25) is 28.8 Å². The van der Waals surface area contributed by atoms with Gasteiger partial charge in [0.1, 0.15) is 19.3 Å². The smallest absolute Gasteiger partial charge is 0.314 e. The molecule has 0 aliphatic heterocycles. The first-order valence-corrected chi connectivity index (χ1v) is 4.69. The van der Waals surface area contributed by atoms with Gasteiger partial charge in [-0.25, -0.2) is 0 Å². The minimum atomic E-state index is -1.31. The Morgan fingerprint density at radius 2 is 0.500 bits per heavy atom. The normalized spacial score (nSPS) is 7.64. The Kier molecular flexibility index (Phi) is 19.8. The zero-order valence-corrected chi connectivity index (χ0v) is 10.3. The Bertz CT molecular complexity index is 317. The summed E-state index contributed by atoms with van der Waals surface area (Å²) >= 11 is 0. The molecule has 0 aliphatic carbocycles. The third kappa shape index (κ3) is 54.0. The fraction of sp³-hybridized carbons (Fsp3) is 0.333. The van der Waals surface area contributed by atoms with Gasteiger partial charge in [0.15, 0.2) is 0 Å². The number of hydrogen-bond acceptors (Lipinski definition) is 6. The number of carboxylic acid groups (broad SMARTS) is 6. The number of carboxylic acids is 6. The molecule has 0 saturated heterocycles. The van der Waals surface area contributed by atoms with Gasteiger partial charge in [0.2, 0.25) is 0 Å². The van der Waals surface area contributed by atoms with E-state index in [1.165, 1.54) is 0 Å². The van der Waals surface area contributed by atoms with Crippen LogP contribution < -0.4 is 0 Å². The molecular formula is C9H15BO12. The van der Waals surface area contributed by atoms with E-state index in [1.54, 1.807) is 0 Å². The van der Waals surface area contributed by atoms with Crippen molar-refractivity contribution < 1.29 is 59.4 Å². The number of hydrogen-bond donors (Lipinski definition) is 6. The Balaban J connectivity index is -0.000000108. The van der Waals surface area contributed by atoms with Crippen LogP contribution >= 0.6 is 0 Å². The molecule has 13 heteroatoms. The molecule has 0 fully saturated rings. The molecule has 0 atom stereocenters. The van der Waals surface area contributed by atoms with E-state index in [0.29, 0.717) is 0 Å². The lowest BCUT2D eigenvalue weighted by Crippen LogP contribution is -2.03. The lowest BCUT2D eigenvalue weighted by molar-refractivity contribution is -0.149. The highest BCUT2D eigenvalue weighted by atomic mass is 16.4. The second-order valence-corrected chi connectivity index (χ2v) is 2.89. The maximum absolute atomic E-state index is 9.43. The first-order chi connectivity index (χ1) is 9.38. The lowest BCUT2D eigenvalue weighted by atomic mass is 10.5. The summed E-state index contributed by atoms with van der Waals surface area (Å²) in [5.41, 5.74) is 0. The predicted molar refractivity (Wildman–Crippen MR) is 69.6 cm³/mol. The van der Waals surface area contributed by atoms with E-state index < -0.39 is 55.1 Å². The van der Waals surface area contributed by atoms with Gasteiger partial charge >= 0.3 is 35.8 Å². The van der Waals surface area contributed by atoms with Crippen LogP contribution in [0.3, 0.4) is 0 Å².